The van der Waals surface area contributed by atoms with E-state index in [0.29, 0.717) is 6.07 Å². The van der Waals surface area contributed by atoms with E-state index in [9.17, 15) is 26.7 Å². The summed E-state index contributed by atoms with van der Waals surface area (Å²) in [6.45, 7) is 0. The summed E-state index contributed by atoms with van der Waals surface area (Å²) >= 11 is 3.25. The average molecular weight is 256 g/mol. The lowest BCUT2D eigenvalue weighted by Gasteiger charge is -2.21. The van der Waals surface area contributed by atoms with E-state index in [-0.39, 0.29) is 0 Å². The summed E-state index contributed by atoms with van der Waals surface area (Å²) in [7, 11) is 0. The molecule has 0 unspecified atom stereocenters. The van der Waals surface area contributed by atoms with Crippen LogP contribution in [0.4, 0.5) is 22.0 Å². The summed E-state index contributed by atoms with van der Waals surface area (Å²) in [5, 5.41) is -1.14. The first-order valence-corrected chi connectivity index (χ1v) is 4.40. The van der Waals surface area contributed by atoms with Crippen LogP contribution >= 0.6 is 12.6 Å². The molecule has 0 aliphatic heterocycles. The molecular weight excluding hydrogens is 251 g/mol. The molecule has 1 aromatic rings. The fourth-order valence-corrected chi connectivity index (χ4v) is 1.29. The van der Waals surface area contributed by atoms with E-state index in [1.165, 1.54) is 6.07 Å². The minimum absolute atomic E-state index is 0.553. The molecular formula is C9H5F5OS. The van der Waals surface area contributed by atoms with E-state index in [4.69, 9.17) is 0 Å². The van der Waals surface area contributed by atoms with E-state index in [1.807, 2.05) is 0 Å². The minimum atomic E-state index is -5.74. The van der Waals surface area contributed by atoms with Crippen molar-refractivity contribution in [3.8, 4) is 0 Å². The Balaban J connectivity index is 3.39. The zero-order chi connectivity index (χ0) is 12.6. The van der Waals surface area contributed by atoms with E-state index >= 15 is 0 Å². The predicted molar refractivity (Wildman–Crippen MR) is 49.7 cm³/mol. The lowest BCUT2D eigenvalue weighted by Crippen LogP contribution is -2.34. The van der Waals surface area contributed by atoms with Crippen molar-refractivity contribution in [2.75, 3.05) is 0 Å². The van der Waals surface area contributed by atoms with Gasteiger partial charge in [0.1, 0.15) is 0 Å². The highest BCUT2D eigenvalue weighted by Crippen LogP contribution is 2.45. The van der Waals surface area contributed by atoms with E-state index in [0.717, 1.165) is 12.1 Å². The minimum Gasteiger partial charge on any atom is -0.282 e. The van der Waals surface area contributed by atoms with Crippen molar-refractivity contribution < 1.29 is 26.7 Å². The zero-order valence-electron chi connectivity index (χ0n) is 7.55. The molecule has 1 aromatic carbocycles. The van der Waals surface area contributed by atoms with Gasteiger partial charge in [-0.15, -0.1) is 12.6 Å². The van der Waals surface area contributed by atoms with Crippen LogP contribution in [0.2, 0.25) is 0 Å². The number of carbonyl (C=O) groups is 1. The lowest BCUT2D eigenvalue weighted by atomic mass is 10.0. The molecule has 0 fully saturated rings. The van der Waals surface area contributed by atoms with Gasteiger partial charge in [-0.05, 0) is 6.07 Å². The van der Waals surface area contributed by atoms with Crippen molar-refractivity contribution in [3.63, 3.8) is 0 Å². The van der Waals surface area contributed by atoms with Gasteiger partial charge in [0.05, 0.1) is 0 Å². The zero-order valence-corrected chi connectivity index (χ0v) is 8.45. The first-order valence-electron chi connectivity index (χ1n) is 3.95. The Morgan fingerprint density at radius 3 is 2.00 bits per heavy atom. The van der Waals surface area contributed by atoms with Crippen molar-refractivity contribution in [2.24, 2.45) is 0 Å². The van der Waals surface area contributed by atoms with Crippen molar-refractivity contribution in [2.45, 2.75) is 12.1 Å². The van der Waals surface area contributed by atoms with E-state index in [2.05, 4.69) is 12.6 Å². The highest BCUT2D eigenvalue weighted by molar-refractivity contribution is 7.97. The molecule has 88 valence electrons. The summed E-state index contributed by atoms with van der Waals surface area (Å²) in [4.78, 5) is 10.8. The number of thiol groups is 1. The molecule has 0 N–H and O–H groups in total. The summed E-state index contributed by atoms with van der Waals surface area (Å²) in [6.07, 6.45) is -5.74. The number of hydrogen-bond donors (Lipinski definition) is 1. The Morgan fingerprint density at radius 1 is 1.06 bits per heavy atom. The van der Waals surface area contributed by atoms with Crippen molar-refractivity contribution >= 4 is 17.7 Å². The van der Waals surface area contributed by atoms with E-state index in [1.54, 1.807) is 0 Å². The van der Waals surface area contributed by atoms with Gasteiger partial charge in [0, 0.05) is 11.1 Å². The number of hydrogen-bond acceptors (Lipinski definition) is 1. The smallest absolute Gasteiger partial charge is 0.282 e. The molecule has 0 bridgehead atoms. The second-order valence-corrected chi connectivity index (χ2v) is 3.33. The van der Waals surface area contributed by atoms with Crippen LogP contribution in [0.3, 0.4) is 0 Å². The van der Waals surface area contributed by atoms with Crippen molar-refractivity contribution in [1.82, 2.24) is 0 Å². The van der Waals surface area contributed by atoms with Gasteiger partial charge in [-0.25, -0.2) is 0 Å². The third kappa shape index (κ3) is 2.18. The van der Waals surface area contributed by atoms with Crippen molar-refractivity contribution in [3.05, 3.63) is 35.4 Å². The van der Waals surface area contributed by atoms with Crippen molar-refractivity contribution in [1.29, 1.82) is 0 Å². The molecule has 0 amide bonds. The first kappa shape index (κ1) is 13.0. The number of rotatable bonds is 2. The highest BCUT2D eigenvalue weighted by atomic mass is 32.1. The standard InChI is InChI=1S/C9H5F5OS/c10-8(11,9(12,13)14)6-4-2-1-3-5(6)7(15)16/h1-4H,(H,15,16). The summed E-state index contributed by atoms with van der Waals surface area (Å²) in [5.41, 5.74) is -2.14. The van der Waals surface area contributed by atoms with Gasteiger partial charge in [-0.3, -0.25) is 4.79 Å². The molecule has 0 saturated carbocycles. The third-order valence-electron chi connectivity index (χ3n) is 1.85. The maximum absolute atomic E-state index is 13.0. The molecule has 16 heavy (non-hydrogen) atoms. The van der Waals surface area contributed by atoms with E-state index < -0.39 is 28.3 Å². The molecule has 0 spiro atoms. The van der Waals surface area contributed by atoms with Gasteiger partial charge < -0.3 is 0 Å². The molecule has 0 aliphatic rings. The Hall–Kier alpha value is -1.11. The monoisotopic (exact) mass is 256 g/mol. The van der Waals surface area contributed by atoms with Crippen LogP contribution in [0.5, 0.6) is 0 Å². The van der Waals surface area contributed by atoms with Crippen LogP contribution in [0.1, 0.15) is 15.9 Å². The maximum atomic E-state index is 13.0. The van der Waals surface area contributed by atoms with Crippen LogP contribution in [-0.4, -0.2) is 11.3 Å². The number of alkyl halides is 5. The van der Waals surface area contributed by atoms with Crippen LogP contribution in [0.15, 0.2) is 24.3 Å². The first-order chi connectivity index (χ1) is 7.18. The van der Waals surface area contributed by atoms with Crippen LogP contribution in [0, 0.1) is 0 Å². The van der Waals surface area contributed by atoms with Gasteiger partial charge in [0.25, 0.3) is 0 Å². The molecule has 0 saturated heterocycles. The second-order valence-electron chi connectivity index (χ2n) is 2.92. The quantitative estimate of drug-likeness (QED) is 0.633. The maximum Gasteiger partial charge on any atom is 0.458 e. The lowest BCUT2D eigenvalue weighted by molar-refractivity contribution is -0.289. The summed E-state index contributed by atoms with van der Waals surface area (Å²) in [6, 6.07) is 3.59. The number of halogens is 5. The fraction of sp³-hybridized carbons (Fsp3) is 0.222. The third-order valence-corrected chi connectivity index (χ3v) is 2.09. The molecule has 0 heterocycles. The Bertz CT molecular complexity index is 413. The van der Waals surface area contributed by atoms with Crippen LogP contribution in [-0.2, 0) is 5.92 Å². The fourth-order valence-electron chi connectivity index (χ4n) is 1.10. The molecule has 0 aliphatic carbocycles. The Morgan fingerprint density at radius 2 is 1.56 bits per heavy atom. The van der Waals surface area contributed by atoms with Gasteiger partial charge in [-0.1, -0.05) is 18.2 Å². The van der Waals surface area contributed by atoms with Crippen LogP contribution in [0.25, 0.3) is 0 Å². The number of carbonyl (C=O) groups excluding carboxylic acids is 1. The second kappa shape index (κ2) is 4.04. The summed E-state index contributed by atoms with van der Waals surface area (Å²) in [5.74, 6) is -5.07. The van der Waals surface area contributed by atoms with Gasteiger partial charge in [0.15, 0.2) is 0 Å². The molecule has 1 nitrogen and oxygen atoms in total. The molecule has 0 aromatic heterocycles. The van der Waals surface area contributed by atoms with Gasteiger partial charge in [-0.2, -0.15) is 22.0 Å². The summed E-state index contributed by atoms with van der Waals surface area (Å²) < 4.78 is 62.2. The predicted octanol–water partition coefficient (Wildman–Crippen LogP) is 3.41. The molecule has 0 radical (unpaired) electrons. The normalized spacial score (nSPS) is 12.6. The molecule has 7 heteroatoms. The highest BCUT2D eigenvalue weighted by Gasteiger charge is 2.59. The number of benzene rings is 1. The Labute approximate surface area is 92.7 Å². The topological polar surface area (TPSA) is 17.1 Å². The molecule has 0 atom stereocenters. The van der Waals surface area contributed by atoms with Gasteiger partial charge in [0.2, 0.25) is 5.12 Å². The van der Waals surface area contributed by atoms with Crippen LogP contribution < -0.4 is 0 Å². The largest absolute Gasteiger partial charge is 0.458 e. The van der Waals surface area contributed by atoms with Gasteiger partial charge >= 0.3 is 12.1 Å². The average Bonchev–Trinajstić information content (AvgIpc) is 2.16. The Kier molecular flexibility index (Phi) is 3.27. The SMILES string of the molecule is O=C(S)c1ccccc1C(F)(F)C(F)(F)F. The molecule has 1 rings (SSSR count).